The molecule has 3 rings (SSSR count). The number of hydrogen-bond acceptors (Lipinski definition) is 7. The molecule has 0 amide bonds. The lowest BCUT2D eigenvalue weighted by Gasteiger charge is -2.11. The van der Waals surface area contributed by atoms with Crippen LogP contribution in [0.25, 0.3) is 11.0 Å². The van der Waals surface area contributed by atoms with E-state index in [2.05, 4.69) is 4.74 Å². The predicted octanol–water partition coefficient (Wildman–Crippen LogP) is 4.28. The molecule has 0 atom stereocenters. The maximum Gasteiger partial charge on any atom is 0.338 e. The molecule has 0 saturated heterocycles. The van der Waals surface area contributed by atoms with Gasteiger partial charge in [-0.2, -0.15) is 0 Å². The number of nitro benzene ring substituents is 1. The number of methoxy groups -OCH3 is 1. The van der Waals surface area contributed by atoms with E-state index in [0.29, 0.717) is 28.0 Å². The molecule has 0 aliphatic heterocycles. The van der Waals surface area contributed by atoms with Gasteiger partial charge in [-0.05, 0) is 36.2 Å². The maximum absolute atomic E-state index is 11.9. The van der Waals surface area contributed by atoms with E-state index >= 15 is 0 Å². The number of halogens is 1. The zero-order chi connectivity index (χ0) is 21.1. The lowest BCUT2D eigenvalue weighted by atomic mass is 10.1. The van der Waals surface area contributed by atoms with Crippen molar-refractivity contribution in [3.63, 3.8) is 0 Å². The summed E-state index contributed by atoms with van der Waals surface area (Å²) < 4.78 is 15.4. The van der Waals surface area contributed by atoms with E-state index in [1.807, 2.05) is 6.92 Å². The minimum atomic E-state index is -0.701. The SMILES string of the molecule is CCc1cc2oc(=O)cc(COc3ccc(C(=O)OC)cc3[N+](=O)[O-])c2cc1Cl. The molecule has 0 saturated carbocycles. The van der Waals surface area contributed by atoms with E-state index in [9.17, 15) is 19.7 Å². The van der Waals surface area contributed by atoms with Gasteiger partial charge < -0.3 is 13.9 Å². The van der Waals surface area contributed by atoms with Gasteiger partial charge in [-0.25, -0.2) is 9.59 Å². The van der Waals surface area contributed by atoms with E-state index in [-0.39, 0.29) is 17.9 Å². The van der Waals surface area contributed by atoms with Crippen LogP contribution in [0, 0.1) is 10.1 Å². The summed E-state index contributed by atoms with van der Waals surface area (Å²) in [4.78, 5) is 34.2. The third-order valence-electron chi connectivity index (χ3n) is 4.34. The van der Waals surface area contributed by atoms with E-state index in [1.54, 1.807) is 12.1 Å². The lowest BCUT2D eigenvalue weighted by Crippen LogP contribution is -2.07. The van der Waals surface area contributed by atoms with Crippen LogP contribution in [-0.4, -0.2) is 18.0 Å². The number of benzene rings is 2. The van der Waals surface area contributed by atoms with E-state index in [4.69, 9.17) is 20.8 Å². The van der Waals surface area contributed by atoms with Gasteiger partial charge in [0, 0.05) is 28.1 Å². The molecular formula is C20H16ClNO7. The third-order valence-corrected chi connectivity index (χ3v) is 4.69. The standard InChI is InChI=1S/C20H16ClNO7/c1-3-11-7-18-14(9-15(11)21)13(8-19(23)29-18)10-28-17-5-4-12(20(24)27-2)6-16(17)22(25)26/h4-9H,3,10H2,1-2H3. The summed E-state index contributed by atoms with van der Waals surface area (Å²) in [5.74, 6) is -0.756. The zero-order valence-corrected chi connectivity index (χ0v) is 16.3. The number of esters is 1. The van der Waals surface area contributed by atoms with Crippen LogP contribution in [0.3, 0.4) is 0 Å². The second-order valence-corrected chi connectivity index (χ2v) is 6.51. The molecule has 3 aromatic rings. The molecule has 29 heavy (non-hydrogen) atoms. The number of fused-ring (bicyclic) bond motifs is 1. The summed E-state index contributed by atoms with van der Waals surface area (Å²) >= 11 is 6.27. The molecule has 9 heteroatoms. The summed E-state index contributed by atoms with van der Waals surface area (Å²) in [6, 6.07) is 8.35. The number of nitro groups is 1. The van der Waals surface area contributed by atoms with Crippen LogP contribution in [0.2, 0.25) is 5.02 Å². The Kier molecular flexibility index (Phi) is 5.84. The molecular weight excluding hydrogens is 402 g/mol. The molecule has 1 aromatic heterocycles. The summed E-state index contributed by atoms with van der Waals surface area (Å²) in [5, 5.41) is 12.5. The molecule has 0 aliphatic carbocycles. The van der Waals surface area contributed by atoms with E-state index in [0.717, 1.165) is 11.6 Å². The molecule has 2 aromatic carbocycles. The van der Waals surface area contributed by atoms with Gasteiger partial charge in [-0.3, -0.25) is 10.1 Å². The van der Waals surface area contributed by atoms with Gasteiger partial charge in [0.2, 0.25) is 0 Å². The summed E-state index contributed by atoms with van der Waals surface area (Å²) in [6.07, 6.45) is 0.665. The molecule has 0 radical (unpaired) electrons. The van der Waals surface area contributed by atoms with Gasteiger partial charge in [-0.1, -0.05) is 18.5 Å². The van der Waals surface area contributed by atoms with Crippen LogP contribution >= 0.6 is 11.6 Å². The minimum Gasteiger partial charge on any atom is -0.482 e. The molecule has 8 nitrogen and oxygen atoms in total. The molecule has 0 N–H and O–H groups in total. The van der Waals surface area contributed by atoms with Gasteiger partial charge in [-0.15, -0.1) is 0 Å². The van der Waals surface area contributed by atoms with Crippen molar-refractivity contribution in [1.82, 2.24) is 0 Å². The first-order valence-corrected chi connectivity index (χ1v) is 8.96. The smallest absolute Gasteiger partial charge is 0.338 e. The second-order valence-electron chi connectivity index (χ2n) is 6.10. The van der Waals surface area contributed by atoms with Gasteiger partial charge in [0.1, 0.15) is 12.2 Å². The number of hydrogen-bond donors (Lipinski definition) is 0. The molecule has 0 fully saturated rings. The van der Waals surface area contributed by atoms with Crippen LogP contribution < -0.4 is 10.4 Å². The quantitative estimate of drug-likeness (QED) is 0.255. The van der Waals surface area contributed by atoms with Crippen molar-refractivity contribution in [2.24, 2.45) is 0 Å². The van der Waals surface area contributed by atoms with Crippen LogP contribution in [0.15, 0.2) is 45.6 Å². The van der Waals surface area contributed by atoms with Crippen molar-refractivity contribution in [2.45, 2.75) is 20.0 Å². The van der Waals surface area contributed by atoms with Crippen molar-refractivity contribution in [1.29, 1.82) is 0 Å². The number of rotatable bonds is 6. The summed E-state index contributed by atoms with van der Waals surface area (Å²) in [7, 11) is 1.18. The highest BCUT2D eigenvalue weighted by Gasteiger charge is 2.20. The second kappa shape index (κ2) is 8.32. The largest absolute Gasteiger partial charge is 0.482 e. The zero-order valence-electron chi connectivity index (χ0n) is 15.6. The summed E-state index contributed by atoms with van der Waals surface area (Å²) in [6.45, 7) is 1.79. The Labute approximate surface area is 169 Å². The average Bonchev–Trinajstić information content (AvgIpc) is 2.71. The van der Waals surface area contributed by atoms with Gasteiger partial charge in [0.15, 0.2) is 5.75 Å². The Hall–Kier alpha value is -3.39. The molecule has 0 bridgehead atoms. The highest BCUT2D eigenvalue weighted by Crippen LogP contribution is 2.31. The minimum absolute atomic E-state index is 0.0243. The van der Waals surface area contributed by atoms with Crippen LogP contribution in [0.5, 0.6) is 5.75 Å². The van der Waals surface area contributed by atoms with Crippen LogP contribution in [0.1, 0.15) is 28.4 Å². The average molecular weight is 418 g/mol. The van der Waals surface area contributed by atoms with Gasteiger partial charge in [0.25, 0.3) is 0 Å². The Morgan fingerprint density at radius 1 is 1.21 bits per heavy atom. The molecule has 0 aliphatic rings. The van der Waals surface area contributed by atoms with Crippen molar-refractivity contribution in [3.05, 3.63) is 78.6 Å². The van der Waals surface area contributed by atoms with Gasteiger partial charge >= 0.3 is 17.3 Å². The number of aryl methyl sites for hydroxylation is 1. The summed E-state index contributed by atoms with van der Waals surface area (Å²) in [5.41, 5.74) is 0.702. The molecule has 1 heterocycles. The van der Waals surface area contributed by atoms with Crippen molar-refractivity contribution in [2.75, 3.05) is 7.11 Å². The molecule has 150 valence electrons. The number of nitrogens with zero attached hydrogens (tertiary/aromatic N) is 1. The van der Waals surface area contributed by atoms with Crippen molar-refractivity contribution < 1.29 is 23.6 Å². The fraction of sp³-hybridized carbons (Fsp3) is 0.200. The maximum atomic E-state index is 11.9. The Balaban J connectivity index is 1.98. The highest BCUT2D eigenvalue weighted by molar-refractivity contribution is 6.32. The lowest BCUT2D eigenvalue weighted by molar-refractivity contribution is -0.386. The van der Waals surface area contributed by atoms with E-state index < -0.39 is 22.2 Å². The van der Waals surface area contributed by atoms with Crippen molar-refractivity contribution >= 4 is 34.2 Å². The number of carbonyl (C=O) groups excluding carboxylic acids is 1. The normalized spacial score (nSPS) is 10.7. The molecule has 0 spiro atoms. The fourth-order valence-corrected chi connectivity index (χ4v) is 3.16. The predicted molar refractivity (Wildman–Crippen MR) is 106 cm³/mol. The van der Waals surface area contributed by atoms with Gasteiger partial charge in [0.05, 0.1) is 17.6 Å². The first-order valence-electron chi connectivity index (χ1n) is 8.58. The highest BCUT2D eigenvalue weighted by atomic mass is 35.5. The van der Waals surface area contributed by atoms with Crippen LogP contribution in [0.4, 0.5) is 5.69 Å². The topological polar surface area (TPSA) is 109 Å². The Morgan fingerprint density at radius 3 is 2.62 bits per heavy atom. The number of ether oxygens (including phenoxy) is 2. The van der Waals surface area contributed by atoms with Crippen molar-refractivity contribution in [3.8, 4) is 5.75 Å². The third kappa shape index (κ3) is 4.22. The van der Waals surface area contributed by atoms with Crippen LogP contribution in [-0.2, 0) is 17.8 Å². The first-order chi connectivity index (χ1) is 13.8. The monoisotopic (exact) mass is 417 g/mol. The first kappa shape index (κ1) is 20.3. The Morgan fingerprint density at radius 2 is 1.97 bits per heavy atom. The number of carbonyl (C=O) groups is 1. The Bertz CT molecular complexity index is 1170. The van der Waals surface area contributed by atoms with E-state index in [1.165, 1.54) is 25.3 Å². The fourth-order valence-electron chi connectivity index (χ4n) is 2.86. The molecule has 0 unspecified atom stereocenters.